The van der Waals surface area contributed by atoms with Crippen molar-refractivity contribution in [3.05, 3.63) is 83.0 Å². The number of carbonyl (C=O) groups excluding carboxylic acids is 1. The molecular formula is C27H27ClN4O. The minimum absolute atomic E-state index is 0.117. The number of nitrogen functional groups attached to an aromatic ring is 1. The molecule has 2 atom stereocenters. The van der Waals surface area contributed by atoms with E-state index < -0.39 is 0 Å². The molecule has 4 aromatic rings. The van der Waals surface area contributed by atoms with Gasteiger partial charge in [0.05, 0.1) is 11.6 Å². The molecule has 0 bridgehead atoms. The highest BCUT2D eigenvalue weighted by Gasteiger charge is 2.33. The molecule has 168 valence electrons. The van der Waals surface area contributed by atoms with E-state index in [0.717, 1.165) is 58.5 Å². The molecule has 6 heteroatoms. The summed E-state index contributed by atoms with van der Waals surface area (Å²) in [6, 6.07) is 20.4. The van der Waals surface area contributed by atoms with Crippen LogP contribution in [0.3, 0.4) is 0 Å². The van der Waals surface area contributed by atoms with Crippen LogP contribution in [0.1, 0.15) is 18.1 Å². The highest BCUT2D eigenvalue weighted by molar-refractivity contribution is 6.31. The Hall–Kier alpha value is -2.99. The Bertz CT molecular complexity index is 1320. The van der Waals surface area contributed by atoms with Crippen molar-refractivity contribution in [2.45, 2.75) is 32.1 Å². The van der Waals surface area contributed by atoms with Crippen LogP contribution in [0.15, 0.2) is 66.9 Å². The molecule has 1 fully saturated rings. The van der Waals surface area contributed by atoms with Crippen molar-refractivity contribution in [3.8, 4) is 0 Å². The third-order valence-corrected chi connectivity index (χ3v) is 7.02. The average molecular weight is 459 g/mol. The number of anilines is 1. The maximum atomic E-state index is 12.1. The number of pyridine rings is 1. The number of piperazine rings is 1. The quantitative estimate of drug-likeness (QED) is 0.431. The lowest BCUT2D eigenvalue weighted by Gasteiger charge is -2.44. The fraction of sp³-hybridized carbons (Fsp3) is 0.259. The summed E-state index contributed by atoms with van der Waals surface area (Å²) in [4.78, 5) is 21.2. The van der Waals surface area contributed by atoms with Gasteiger partial charge in [0.2, 0.25) is 0 Å². The van der Waals surface area contributed by atoms with Gasteiger partial charge >= 0.3 is 0 Å². The van der Waals surface area contributed by atoms with Gasteiger partial charge in [-0.3, -0.25) is 14.8 Å². The van der Waals surface area contributed by atoms with E-state index in [0.29, 0.717) is 6.54 Å². The number of halogens is 1. The Morgan fingerprint density at radius 1 is 0.970 bits per heavy atom. The molecule has 0 saturated carbocycles. The van der Waals surface area contributed by atoms with Crippen LogP contribution < -0.4 is 5.73 Å². The monoisotopic (exact) mass is 458 g/mol. The second kappa shape index (κ2) is 9.10. The molecule has 1 aliphatic heterocycles. The molecule has 5 nitrogen and oxygen atoms in total. The number of rotatable bonds is 5. The van der Waals surface area contributed by atoms with Crippen molar-refractivity contribution in [1.29, 1.82) is 0 Å². The van der Waals surface area contributed by atoms with Crippen LogP contribution in [0, 0.1) is 0 Å². The van der Waals surface area contributed by atoms with Crippen LogP contribution in [-0.2, 0) is 17.9 Å². The van der Waals surface area contributed by atoms with Gasteiger partial charge in [0, 0.05) is 54.5 Å². The lowest BCUT2D eigenvalue weighted by atomic mass is 10.0. The summed E-state index contributed by atoms with van der Waals surface area (Å²) >= 11 is 6.12. The number of nitrogens with zero attached hydrogens (tertiary/aromatic N) is 3. The number of hydrogen-bond acceptors (Lipinski definition) is 5. The molecule has 2 heterocycles. The summed E-state index contributed by atoms with van der Waals surface area (Å²) in [5, 5.41) is 4.03. The zero-order valence-corrected chi connectivity index (χ0v) is 19.4. The molecule has 1 aromatic heterocycles. The first-order valence-corrected chi connectivity index (χ1v) is 11.6. The predicted octanol–water partition coefficient (Wildman–Crippen LogP) is 4.90. The highest BCUT2D eigenvalue weighted by Crippen LogP contribution is 2.26. The Labute approximate surface area is 198 Å². The predicted molar refractivity (Wildman–Crippen MR) is 135 cm³/mol. The third kappa shape index (κ3) is 4.44. The first-order chi connectivity index (χ1) is 16.0. The second-order valence-corrected chi connectivity index (χ2v) is 9.32. The standard InChI is InChI=1S/C27H27ClN4O/c1-18-27(17-33)32(16-20-3-7-24-25(29)8-9-30-26(24)13-20)11-10-31(18)15-19-2-4-22-14-23(28)6-5-21(22)12-19/h2-9,12-14,17-18,27H,10-11,15-16H2,1H3,(H2,29,30)/t18-,27?/m0/s1. The molecule has 0 aliphatic carbocycles. The third-order valence-electron chi connectivity index (χ3n) is 6.78. The number of benzene rings is 3. The Kier molecular flexibility index (Phi) is 6.02. The second-order valence-electron chi connectivity index (χ2n) is 8.89. The van der Waals surface area contributed by atoms with Crippen molar-refractivity contribution < 1.29 is 4.79 Å². The van der Waals surface area contributed by atoms with Gasteiger partial charge < -0.3 is 10.5 Å². The average Bonchev–Trinajstić information content (AvgIpc) is 2.81. The number of aromatic nitrogens is 1. The number of hydrogen-bond donors (Lipinski definition) is 1. The van der Waals surface area contributed by atoms with Crippen molar-refractivity contribution >= 4 is 45.2 Å². The minimum Gasteiger partial charge on any atom is -0.398 e. The maximum Gasteiger partial charge on any atom is 0.138 e. The van der Waals surface area contributed by atoms with E-state index >= 15 is 0 Å². The molecule has 5 rings (SSSR count). The van der Waals surface area contributed by atoms with Gasteiger partial charge in [0.25, 0.3) is 0 Å². The molecule has 33 heavy (non-hydrogen) atoms. The smallest absolute Gasteiger partial charge is 0.138 e. The normalized spacial score (nSPS) is 19.8. The van der Waals surface area contributed by atoms with Crippen molar-refractivity contribution in [2.75, 3.05) is 18.8 Å². The van der Waals surface area contributed by atoms with E-state index in [9.17, 15) is 4.79 Å². The van der Waals surface area contributed by atoms with Gasteiger partial charge in [0.15, 0.2) is 0 Å². The Morgan fingerprint density at radius 3 is 2.52 bits per heavy atom. The van der Waals surface area contributed by atoms with Gasteiger partial charge in [-0.2, -0.15) is 0 Å². The molecule has 0 spiro atoms. The summed E-state index contributed by atoms with van der Waals surface area (Å²) in [5.41, 5.74) is 10.1. The van der Waals surface area contributed by atoms with Crippen LogP contribution in [0.25, 0.3) is 21.7 Å². The van der Waals surface area contributed by atoms with Crippen LogP contribution in [0.5, 0.6) is 0 Å². The van der Waals surface area contributed by atoms with Gasteiger partial charge in [-0.05, 0) is 59.2 Å². The van der Waals surface area contributed by atoms with E-state index in [1.54, 1.807) is 6.20 Å². The summed E-state index contributed by atoms with van der Waals surface area (Å²) in [6.07, 6.45) is 2.83. The van der Waals surface area contributed by atoms with Crippen molar-refractivity contribution in [2.24, 2.45) is 0 Å². The fourth-order valence-corrected chi connectivity index (χ4v) is 5.07. The van der Waals surface area contributed by atoms with E-state index in [4.69, 9.17) is 17.3 Å². The number of nitrogens with two attached hydrogens (primary N) is 1. The maximum absolute atomic E-state index is 12.1. The van der Waals surface area contributed by atoms with Gasteiger partial charge in [-0.1, -0.05) is 41.9 Å². The largest absolute Gasteiger partial charge is 0.398 e. The van der Waals surface area contributed by atoms with Gasteiger partial charge in [-0.25, -0.2) is 0 Å². The Morgan fingerprint density at radius 2 is 1.67 bits per heavy atom. The summed E-state index contributed by atoms with van der Waals surface area (Å²) < 4.78 is 0. The molecule has 1 saturated heterocycles. The molecule has 2 N–H and O–H groups in total. The van der Waals surface area contributed by atoms with E-state index in [1.807, 2.05) is 24.3 Å². The van der Waals surface area contributed by atoms with Crippen LogP contribution in [0.4, 0.5) is 5.69 Å². The minimum atomic E-state index is -0.164. The summed E-state index contributed by atoms with van der Waals surface area (Å²) in [5.74, 6) is 0. The highest BCUT2D eigenvalue weighted by atomic mass is 35.5. The molecule has 1 aliphatic rings. The van der Waals surface area contributed by atoms with Gasteiger partial charge in [0.1, 0.15) is 6.29 Å². The zero-order valence-electron chi connectivity index (χ0n) is 18.6. The van der Waals surface area contributed by atoms with Crippen molar-refractivity contribution in [1.82, 2.24) is 14.8 Å². The van der Waals surface area contributed by atoms with Crippen LogP contribution in [0.2, 0.25) is 5.02 Å². The van der Waals surface area contributed by atoms with E-state index in [-0.39, 0.29) is 12.1 Å². The fourth-order valence-electron chi connectivity index (χ4n) is 4.89. The van der Waals surface area contributed by atoms with Gasteiger partial charge in [-0.15, -0.1) is 0 Å². The molecule has 3 aromatic carbocycles. The first kappa shape index (κ1) is 21.8. The summed E-state index contributed by atoms with van der Waals surface area (Å²) in [7, 11) is 0. The Balaban J connectivity index is 1.31. The number of fused-ring (bicyclic) bond motifs is 2. The SMILES string of the molecule is C[C@H]1C(C=O)N(Cc2ccc3c(N)ccnc3c2)CCN1Cc1ccc2cc(Cl)ccc2c1. The topological polar surface area (TPSA) is 62.5 Å². The number of aldehydes is 1. The lowest BCUT2D eigenvalue weighted by Crippen LogP contribution is -2.58. The molecular weight excluding hydrogens is 432 g/mol. The molecule has 0 radical (unpaired) electrons. The first-order valence-electron chi connectivity index (χ1n) is 11.3. The number of carbonyl (C=O) groups is 1. The van der Waals surface area contributed by atoms with E-state index in [1.165, 1.54) is 10.9 Å². The zero-order chi connectivity index (χ0) is 22.9. The summed E-state index contributed by atoms with van der Waals surface area (Å²) in [6.45, 7) is 5.42. The van der Waals surface area contributed by atoms with Crippen molar-refractivity contribution in [3.63, 3.8) is 0 Å². The molecule has 1 unspecified atom stereocenters. The van der Waals surface area contributed by atoms with E-state index in [2.05, 4.69) is 58.1 Å². The van der Waals surface area contributed by atoms with Crippen LogP contribution in [-0.4, -0.2) is 46.2 Å². The lowest BCUT2D eigenvalue weighted by molar-refractivity contribution is -0.117. The van der Waals surface area contributed by atoms with Crippen LogP contribution >= 0.6 is 11.6 Å². The molecule has 0 amide bonds.